The normalized spacial score (nSPS) is 12.3. The van der Waals surface area contributed by atoms with Gasteiger partial charge in [0, 0.05) is 19.0 Å². The molecule has 2 aromatic heterocycles. The van der Waals surface area contributed by atoms with Crippen molar-refractivity contribution >= 4 is 62.2 Å². The van der Waals surface area contributed by atoms with Gasteiger partial charge in [-0.1, -0.05) is 29.3 Å². The number of aliphatic hydroxyl groups excluding tert-OH is 1. The molecular weight excluding hydrogens is 395 g/mol. The lowest BCUT2D eigenvalue weighted by Crippen LogP contribution is -2.17. The lowest BCUT2D eigenvalue weighted by molar-refractivity contribution is 0.102. The van der Waals surface area contributed by atoms with E-state index in [4.69, 9.17) is 28.9 Å². The Hall–Kier alpha value is -1.93. The van der Waals surface area contributed by atoms with Crippen LogP contribution in [0.25, 0.3) is 21.5 Å². The number of aliphatic hydroxyl groups is 1. The van der Waals surface area contributed by atoms with Crippen molar-refractivity contribution in [2.24, 2.45) is 0 Å². The van der Waals surface area contributed by atoms with Crippen LogP contribution in [0.3, 0.4) is 0 Å². The van der Waals surface area contributed by atoms with E-state index in [9.17, 15) is 9.90 Å². The zero-order valence-corrected chi connectivity index (χ0v) is 16.3. The summed E-state index contributed by atoms with van der Waals surface area (Å²) in [6.07, 6.45) is -0.566. The van der Waals surface area contributed by atoms with E-state index in [0.29, 0.717) is 48.0 Å². The number of aromatic nitrogens is 2. The number of nitrogens with zero attached hydrogens (tertiary/aromatic N) is 2. The Morgan fingerprint density at radius 2 is 2.08 bits per heavy atom. The van der Waals surface area contributed by atoms with E-state index in [-0.39, 0.29) is 12.3 Å². The highest BCUT2D eigenvalue weighted by Crippen LogP contribution is 2.40. The Morgan fingerprint density at radius 3 is 2.69 bits per heavy atom. The molecular formula is C17H16Cl2N4O2S. The number of carbonyl (C=O) groups is 1. The maximum atomic E-state index is 11.9. The molecule has 136 valence electrons. The van der Waals surface area contributed by atoms with Crippen LogP contribution in [0.15, 0.2) is 18.2 Å². The first-order valence-electron chi connectivity index (χ1n) is 7.76. The second-order valence-electron chi connectivity index (χ2n) is 5.84. The molecule has 9 heteroatoms. The number of Topliss-reactive ketones (excluding diaryl/α,β-unsaturated/α-hetero) is 1. The third-order valence-electron chi connectivity index (χ3n) is 3.66. The number of anilines is 2. The summed E-state index contributed by atoms with van der Waals surface area (Å²) in [4.78, 5) is 21.9. The van der Waals surface area contributed by atoms with Gasteiger partial charge in [-0.25, -0.2) is 9.97 Å². The molecule has 1 atom stereocenters. The van der Waals surface area contributed by atoms with Gasteiger partial charge in [0.15, 0.2) is 5.78 Å². The minimum absolute atomic E-state index is 0.135. The van der Waals surface area contributed by atoms with Crippen LogP contribution in [-0.2, 0) is 0 Å². The number of thiophene rings is 1. The van der Waals surface area contributed by atoms with Crippen molar-refractivity contribution in [3.63, 3.8) is 0 Å². The summed E-state index contributed by atoms with van der Waals surface area (Å²) < 4.78 is 0. The quantitative estimate of drug-likeness (QED) is 0.543. The van der Waals surface area contributed by atoms with Gasteiger partial charge in [-0.3, -0.25) is 4.79 Å². The first kappa shape index (κ1) is 18.8. The standard InChI is InChI=1S/C17H16Cl2N4O2S/c1-7(24)6-21-17-22-14(9-3-4-10(18)11(19)5-9)12-13(20)15(8(2)25)26-16(12)23-17/h3-5,7,24H,6,20H2,1-2H3,(H,21,22,23)/t7-/m0/s1. The van der Waals surface area contributed by atoms with Crippen LogP contribution in [0, 0.1) is 0 Å². The van der Waals surface area contributed by atoms with Gasteiger partial charge < -0.3 is 16.2 Å². The number of halogens is 2. The minimum atomic E-state index is -0.566. The zero-order valence-electron chi connectivity index (χ0n) is 14.0. The molecule has 0 amide bonds. The summed E-state index contributed by atoms with van der Waals surface area (Å²) in [7, 11) is 0. The van der Waals surface area contributed by atoms with Crippen LogP contribution in [0.5, 0.6) is 0 Å². The van der Waals surface area contributed by atoms with Crippen LogP contribution >= 0.6 is 34.5 Å². The number of benzene rings is 1. The van der Waals surface area contributed by atoms with Crippen LogP contribution in [0.2, 0.25) is 10.0 Å². The lowest BCUT2D eigenvalue weighted by Gasteiger charge is -2.10. The predicted octanol–water partition coefficient (Wildman–Crippen LogP) is 4.24. The van der Waals surface area contributed by atoms with E-state index >= 15 is 0 Å². The molecule has 4 N–H and O–H groups in total. The largest absolute Gasteiger partial charge is 0.397 e. The molecule has 0 fully saturated rings. The molecule has 1 aromatic carbocycles. The lowest BCUT2D eigenvalue weighted by atomic mass is 10.1. The zero-order chi connectivity index (χ0) is 19.0. The van der Waals surface area contributed by atoms with Gasteiger partial charge in [0.25, 0.3) is 0 Å². The number of nitrogen functional groups attached to an aromatic ring is 1. The van der Waals surface area contributed by atoms with E-state index in [2.05, 4.69) is 15.3 Å². The second kappa shape index (κ2) is 7.36. The number of carbonyl (C=O) groups excluding carboxylic acids is 1. The molecule has 6 nitrogen and oxygen atoms in total. The Labute approximate surface area is 164 Å². The Bertz CT molecular complexity index is 1000. The Balaban J connectivity index is 2.25. The highest BCUT2D eigenvalue weighted by molar-refractivity contribution is 7.21. The number of hydrogen-bond acceptors (Lipinski definition) is 7. The maximum Gasteiger partial charge on any atom is 0.224 e. The summed E-state index contributed by atoms with van der Waals surface area (Å²) in [5.74, 6) is 0.194. The maximum absolute atomic E-state index is 11.9. The van der Waals surface area contributed by atoms with Crippen molar-refractivity contribution in [1.82, 2.24) is 9.97 Å². The molecule has 0 saturated carbocycles. The van der Waals surface area contributed by atoms with E-state index in [1.54, 1.807) is 25.1 Å². The predicted molar refractivity (Wildman–Crippen MR) is 107 cm³/mol. The molecule has 0 radical (unpaired) electrons. The van der Waals surface area contributed by atoms with E-state index in [0.717, 1.165) is 0 Å². The molecule has 0 unspecified atom stereocenters. The van der Waals surface area contributed by atoms with Gasteiger partial charge in [0.2, 0.25) is 5.95 Å². The number of rotatable bonds is 5. The van der Waals surface area contributed by atoms with E-state index in [1.165, 1.54) is 18.3 Å². The van der Waals surface area contributed by atoms with Gasteiger partial charge >= 0.3 is 0 Å². The van der Waals surface area contributed by atoms with Crippen LogP contribution < -0.4 is 11.1 Å². The van der Waals surface area contributed by atoms with Crippen molar-refractivity contribution in [1.29, 1.82) is 0 Å². The highest BCUT2D eigenvalue weighted by atomic mass is 35.5. The molecule has 3 aromatic rings. The third-order valence-corrected chi connectivity index (χ3v) is 5.60. The number of nitrogens with one attached hydrogen (secondary N) is 1. The van der Waals surface area contributed by atoms with Gasteiger partial charge in [0.05, 0.1) is 37.8 Å². The molecule has 3 rings (SSSR count). The van der Waals surface area contributed by atoms with Crippen molar-refractivity contribution in [2.45, 2.75) is 20.0 Å². The monoisotopic (exact) mass is 410 g/mol. The summed E-state index contributed by atoms with van der Waals surface area (Å²) in [6.45, 7) is 3.40. The van der Waals surface area contributed by atoms with E-state index < -0.39 is 6.10 Å². The SMILES string of the molecule is CC(=O)c1sc2nc(NC[C@H](C)O)nc(-c3ccc(Cl)c(Cl)c3)c2c1N. The molecule has 0 aliphatic rings. The highest BCUT2D eigenvalue weighted by Gasteiger charge is 2.21. The van der Waals surface area contributed by atoms with Crippen LogP contribution in [0.4, 0.5) is 11.6 Å². The second-order valence-corrected chi connectivity index (χ2v) is 7.65. The van der Waals surface area contributed by atoms with Gasteiger partial charge in [-0.05, 0) is 19.1 Å². The average Bonchev–Trinajstić information content (AvgIpc) is 2.92. The number of nitrogens with two attached hydrogens (primary N) is 1. The first-order valence-corrected chi connectivity index (χ1v) is 9.33. The number of ketones is 1. The number of hydrogen-bond donors (Lipinski definition) is 3. The third kappa shape index (κ3) is 3.61. The van der Waals surface area contributed by atoms with Gasteiger partial charge in [-0.15, -0.1) is 11.3 Å². The molecule has 0 spiro atoms. The molecule has 0 bridgehead atoms. The van der Waals surface area contributed by atoms with Crippen LogP contribution in [-0.4, -0.2) is 33.5 Å². The fraction of sp³-hybridized carbons (Fsp3) is 0.235. The molecule has 0 saturated heterocycles. The Kier molecular flexibility index (Phi) is 5.34. The molecule has 2 heterocycles. The van der Waals surface area contributed by atoms with E-state index in [1.807, 2.05) is 0 Å². The van der Waals surface area contributed by atoms with Crippen molar-refractivity contribution in [3.8, 4) is 11.3 Å². The number of fused-ring (bicyclic) bond motifs is 1. The van der Waals surface area contributed by atoms with Crippen molar-refractivity contribution in [2.75, 3.05) is 17.6 Å². The fourth-order valence-corrected chi connectivity index (χ4v) is 3.74. The smallest absolute Gasteiger partial charge is 0.224 e. The first-order chi connectivity index (χ1) is 12.3. The summed E-state index contributed by atoms with van der Waals surface area (Å²) >= 11 is 13.4. The minimum Gasteiger partial charge on any atom is -0.397 e. The van der Waals surface area contributed by atoms with Crippen molar-refractivity contribution in [3.05, 3.63) is 33.1 Å². The van der Waals surface area contributed by atoms with Crippen molar-refractivity contribution < 1.29 is 9.90 Å². The van der Waals surface area contributed by atoms with Gasteiger partial charge in [-0.2, -0.15) is 0 Å². The van der Waals surface area contributed by atoms with Gasteiger partial charge in [0.1, 0.15) is 4.83 Å². The summed E-state index contributed by atoms with van der Waals surface area (Å²) in [6, 6.07) is 5.14. The summed E-state index contributed by atoms with van der Waals surface area (Å²) in [5, 5.41) is 13.9. The summed E-state index contributed by atoms with van der Waals surface area (Å²) in [5.41, 5.74) is 7.80. The molecule has 0 aliphatic heterocycles. The molecule has 26 heavy (non-hydrogen) atoms. The fourth-order valence-electron chi connectivity index (χ4n) is 2.45. The average molecular weight is 411 g/mol. The van der Waals surface area contributed by atoms with Crippen LogP contribution in [0.1, 0.15) is 23.5 Å². The molecule has 0 aliphatic carbocycles. The Morgan fingerprint density at radius 1 is 1.35 bits per heavy atom. The topological polar surface area (TPSA) is 101 Å².